The Balaban J connectivity index is 1.83. The minimum atomic E-state index is -4.72. The minimum Gasteiger partial charge on any atom is -0.406 e. The minimum absolute atomic E-state index is 0.160. The van der Waals surface area contributed by atoms with E-state index in [-0.39, 0.29) is 18.0 Å². The van der Waals surface area contributed by atoms with Crippen LogP contribution in [0.4, 0.5) is 13.2 Å². The normalized spacial score (nSPS) is 11.8. The zero-order valence-corrected chi connectivity index (χ0v) is 11.1. The monoisotopic (exact) mass is 309 g/mol. The van der Waals surface area contributed by atoms with Crippen molar-refractivity contribution in [3.05, 3.63) is 64.7 Å². The lowest BCUT2D eigenvalue weighted by molar-refractivity contribution is -0.274. The number of pyridine rings is 1. The smallest absolute Gasteiger partial charge is 0.406 e. The summed E-state index contributed by atoms with van der Waals surface area (Å²) in [6.45, 7) is 0.160. The summed E-state index contributed by atoms with van der Waals surface area (Å²) in [6.07, 6.45) is -3.12. The zero-order valence-electron chi connectivity index (χ0n) is 11.1. The molecule has 0 saturated heterocycles. The fraction of sp³-hybridized carbons (Fsp3) is 0.143. The van der Waals surface area contributed by atoms with Gasteiger partial charge in [0.2, 0.25) is 0 Å². The Kier molecular flexibility index (Phi) is 3.36. The van der Waals surface area contributed by atoms with E-state index in [4.69, 9.17) is 0 Å². The Morgan fingerprint density at radius 1 is 1.09 bits per heavy atom. The van der Waals surface area contributed by atoms with Crippen LogP contribution >= 0.6 is 0 Å². The number of hydrogen-bond acceptors (Lipinski definition) is 3. The third-order valence-electron chi connectivity index (χ3n) is 2.98. The Hall–Kier alpha value is -2.77. The SMILES string of the molecule is O=c1n(Cc2ccc(OC(F)(F)F)cc2)nc2ccccn12. The molecule has 0 radical (unpaired) electrons. The number of ether oxygens (including phenoxy) is 1. The molecule has 0 N–H and O–H groups in total. The maximum atomic E-state index is 12.1. The first-order valence-electron chi connectivity index (χ1n) is 6.31. The fourth-order valence-electron chi connectivity index (χ4n) is 2.04. The van der Waals surface area contributed by atoms with Crippen molar-refractivity contribution in [2.45, 2.75) is 12.9 Å². The van der Waals surface area contributed by atoms with Gasteiger partial charge in [0.15, 0.2) is 5.65 Å². The highest BCUT2D eigenvalue weighted by Gasteiger charge is 2.30. The second kappa shape index (κ2) is 5.21. The summed E-state index contributed by atoms with van der Waals surface area (Å²) in [5, 5.41) is 4.15. The number of benzene rings is 1. The highest BCUT2D eigenvalue weighted by molar-refractivity contribution is 5.35. The molecule has 0 fully saturated rings. The van der Waals surface area contributed by atoms with E-state index in [1.807, 2.05) is 0 Å². The number of rotatable bonds is 3. The summed E-state index contributed by atoms with van der Waals surface area (Å²) in [5.41, 5.74) is 0.829. The van der Waals surface area contributed by atoms with Crippen LogP contribution in [0.25, 0.3) is 5.65 Å². The van der Waals surface area contributed by atoms with Gasteiger partial charge in [-0.1, -0.05) is 18.2 Å². The van der Waals surface area contributed by atoms with Crippen LogP contribution in [0, 0.1) is 0 Å². The second-order valence-electron chi connectivity index (χ2n) is 4.56. The Morgan fingerprint density at radius 3 is 2.45 bits per heavy atom. The third kappa shape index (κ3) is 2.95. The van der Waals surface area contributed by atoms with E-state index in [0.29, 0.717) is 11.2 Å². The largest absolute Gasteiger partial charge is 0.573 e. The van der Waals surface area contributed by atoms with Crippen LogP contribution in [0.15, 0.2) is 53.5 Å². The van der Waals surface area contributed by atoms with Crippen LogP contribution in [-0.2, 0) is 6.54 Å². The molecule has 2 heterocycles. The molecule has 0 saturated carbocycles. The summed E-state index contributed by atoms with van der Waals surface area (Å²) >= 11 is 0. The summed E-state index contributed by atoms with van der Waals surface area (Å²) in [5.74, 6) is -0.307. The van der Waals surface area contributed by atoms with Gasteiger partial charge < -0.3 is 4.74 Å². The molecule has 3 aromatic rings. The Morgan fingerprint density at radius 2 is 1.82 bits per heavy atom. The molecule has 0 aliphatic heterocycles. The maximum absolute atomic E-state index is 12.1. The lowest BCUT2D eigenvalue weighted by Crippen LogP contribution is -2.21. The maximum Gasteiger partial charge on any atom is 0.573 e. The van der Waals surface area contributed by atoms with Crippen molar-refractivity contribution in [1.82, 2.24) is 14.2 Å². The van der Waals surface area contributed by atoms with Crippen molar-refractivity contribution in [2.75, 3.05) is 0 Å². The number of halogens is 3. The molecule has 1 aromatic carbocycles. The Bertz CT molecular complexity index is 850. The first kappa shape index (κ1) is 14.2. The first-order valence-corrected chi connectivity index (χ1v) is 6.31. The third-order valence-corrected chi connectivity index (χ3v) is 2.98. The topological polar surface area (TPSA) is 48.5 Å². The summed E-state index contributed by atoms with van der Waals surface area (Å²) in [4.78, 5) is 12.1. The van der Waals surface area contributed by atoms with Gasteiger partial charge in [0.25, 0.3) is 0 Å². The molecule has 0 spiro atoms. The van der Waals surface area contributed by atoms with Gasteiger partial charge in [-0.2, -0.15) is 0 Å². The van der Waals surface area contributed by atoms with Crippen molar-refractivity contribution in [3.63, 3.8) is 0 Å². The molecule has 5 nitrogen and oxygen atoms in total. The van der Waals surface area contributed by atoms with E-state index in [1.54, 1.807) is 24.4 Å². The average Bonchev–Trinajstić information content (AvgIpc) is 2.77. The number of fused-ring (bicyclic) bond motifs is 1. The molecule has 0 atom stereocenters. The predicted octanol–water partition coefficient (Wildman–Crippen LogP) is 2.44. The van der Waals surface area contributed by atoms with Crippen LogP contribution in [0.3, 0.4) is 0 Å². The summed E-state index contributed by atoms with van der Waals surface area (Å²) < 4.78 is 42.7. The molecule has 3 rings (SSSR count). The van der Waals surface area contributed by atoms with Gasteiger partial charge in [-0.15, -0.1) is 18.3 Å². The van der Waals surface area contributed by atoms with Gasteiger partial charge in [0, 0.05) is 6.20 Å². The second-order valence-corrected chi connectivity index (χ2v) is 4.56. The van der Waals surface area contributed by atoms with E-state index in [2.05, 4.69) is 9.84 Å². The van der Waals surface area contributed by atoms with Crippen molar-refractivity contribution in [2.24, 2.45) is 0 Å². The standard InChI is InChI=1S/C14H10F3N3O2/c15-14(16,17)22-11-6-4-10(5-7-11)9-20-13(21)19-8-2-1-3-12(19)18-20/h1-8H,9H2. The van der Waals surface area contributed by atoms with Crippen LogP contribution in [0.5, 0.6) is 5.75 Å². The molecule has 0 bridgehead atoms. The average molecular weight is 309 g/mol. The van der Waals surface area contributed by atoms with Crippen LogP contribution in [0.1, 0.15) is 5.56 Å². The lowest BCUT2D eigenvalue weighted by Gasteiger charge is -2.09. The van der Waals surface area contributed by atoms with Gasteiger partial charge >= 0.3 is 12.1 Å². The van der Waals surface area contributed by atoms with E-state index in [1.165, 1.54) is 33.3 Å². The molecule has 0 unspecified atom stereocenters. The van der Waals surface area contributed by atoms with Crippen molar-refractivity contribution in [3.8, 4) is 5.75 Å². The van der Waals surface area contributed by atoms with E-state index >= 15 is 0 Å². The molecule has 0 aliphatic rings. The van der Waals surface area contributed by atoms with E-state index < -0.39 is 6.36 Å². The van der Waals surface area contributed by atoms with Crippen molar-refractivity contribution in [1.29, 1.82) is 0 Å². The van der Waals surface area contributed by atoms with Gasteiger partial charge in [0.1, 0.15) is 5.75 Å². The molecule has 114 valence electrons. The van der Waals surface area contributed by atoms with E-state index in [0.717, 1.165) is 0 Å². The summed E-state index contributed by atoms with van der Waals surface area (Å²) in [6, 6.07) is 10.5. The fourth-order valence-corrected chi connectivity index (χ4v) is 2.04. The lowest BCUT2D eigenvalue weighted by atomic mass is 10.2. The molecular formula is C14H10F3N3O2. The van der Waals surface area contributed by atoms with Gasteiger partial charge in [-0.3, -0.25) is 4.40 Å². The predicted molar refractivity (Wildman–Crippen MR) is 71.7 cm³/mol. The quantitative estimate of drug-likeness (QED) is 0.746. The van der Waals surface area contributed by atoms with Gasteiger partial charge in [-0.25, -0.2) is 9.48 Å². The van der Waals surface area contributed by atoms with Gasteiger partial charge in [0.05, 0.1) is 6.54 Å². The van der Waals surface area contributed by atoms with E-state index in [9.17, 15) is 18.0 Å². The highest BCUT2D eigenvalue weighted by atomic mass is 19.4. The van der Waals surface area contributed by atoms with Crippen LogP contribution in [0.2, 0.25) is 0 Å². The summed E-state index contributed by atoms with van der Waals surface area (Å²) in [7, 11) is 0. The molecule has 2 aromatic heterocycles. The first-order chi connectivity index (χ1) is 10.4. The molecule has 0 amide bonds. The highest BCUT2D eigenvalue weighted by Crippen LogP contribution is 2.22. The molecule has 8 heteroatoms. The van der Waals surface area contributed by atoms with Crippen LogP contribution in [-0.4, -0.2) is 20.5 Å². The molecule has 22 heavy (non-hydrogen) atoms. The number of nitrogens with zero attached hydrogens (tertiary/aromatic N) is 3. The Labute approximate surface area is 122 Å². The number of alkyl halides is 3. The zero-order chi connectivity index (χ0) is 15.7. The number of hydrogen-bond donors (Lipinski definition) is 0. The van der Waals surface area contributed by atoms with Crippen molar-refractivity contribution < 1.29 is 17.9 Å². The number of aromatic nitrogens is 3. The molecule has 0 aliphatic carbocycles. The molecular weight excluding hydrogens is 299 g/mol. The van der Waals surface area contributed by atoms with Gasteiger partial charge in [-0.05, 0) is 29.8 Å². The van der Waals surface area contributed by atoms with Crippen LogP contribution < -0.4 is 10.4 Å². The van der Waals surface area contributed by atoms with Crippen molar-refractivity contribution >= 4 is 5.65 Å².